The van der Waals surface area contributed by atoms with Gasteiger partial charge in [0.05, 0.1) is 32.0 Å². The van der Waals surface area contributed by atoms with Gasteiger partial charge in [-0.25, -0.2) is 10.0 Å². The first-order valence-electron chi connectivity index (χ1n) is 12.6. The maximum Gasteiger partial charge on any atom is 0.308 e. The summed E-state index contributed by atoms with van der Waals surface area (Å²) in [6.45, 7) is 6.94. The minimum absolute atomic E-state index is 0.125. The number of hydrogen-bond donors (Lipinski definition) is 1. The van der Waals surface area contributed by atoms with Gasteiger partial charge in [-0.1, -0.05) is 26.0 Å². The molecule has 0 bridgehead atoms. The predicted octanol–water partition coefficient (Wildman–Crippen LogP) is 2.96. The smallest absolute Gasteiger partial charge is 0.308 e. The first-order chi connectivity index (χ1) is 17.0. The quantitative estimate of drug-likeness (QED) is 0.463. The molecule has 190 valence electrons. The van der Waals surface area contributed by atoms with Crippen LogP contribution in [0.25, 0.3) is 0 Å². The molecule has 0 radical (unpaired) electrons. The van der Waals surface area contributed by atoms with Gasteiger partial charge in [0.25, 0.3) is 5.91 Å². The summed E-state index contributed by atoms with van der Waals surface area (Å²) < 4.78 is 7.60. The van der Waals surface area contributed by atoms with E-state index in [1.54, 1.807) is 12.5 Å². The molecule has 1 aromatic carbocycles. The summed E-state index contributed by atoms with van der Waals surface area (Å²) in [5.74, 6) is -0.909. The number of hydroxylamine groups is 2. The molecule has 9 heteroatoms. The molecule has 9 nitrogen and oxygen atoms in total. The van der Waals surface area contributed by atoms with Crippen LogP contribution in [0, 0.1) is 5.92 Å². The molecule has 35 heavy (non-hydrogen) atoms. The standard InChI is InChI=1S/C26H36N4O5/c1-3-10-30(35-13-4-2)24(31)17-29-16-21(19-5-6-23-20(15-19)8-14-34-23)25(26(32)33)22(29)7-11-28-12-9-27-18-28/h5-6,9,12,15,18,21-22,25H,3-4,7-8,10-11,13-14,16-17H2,1-2H3,(H,32,33)/t21-,22+,25-/m1/s1. The molecular weight excluding hydrogens is 448 g/mol. The Hall–Kier alpha value is -2.91. The number of aliphatic carboxylic acids is 1. The molecule has 1 amide bonds. The molecular formula is C26H36N4O5. The van der Waals surface area contributed by atoms with Gasteiger partial charge in [0, 0.05) is 50.4 Å². The van der Waals surface area contributed by atoms with Gasteiger partial charge in [-0.3, -0.25) is 19.3 Å². The number of carbonyl (C=O) groups excluding carboxylic acids is 1. The van der Waals surface area contributed by atoms with Crippen molar-refractivity contribution in [2.75, 3.05) is 32.8 Å². The minimum atomic E-state index is -0.829. The molecule has 1 N–H and O–H groups in total. The molecule has 0 aliphatic carbocycles. The molecule has 1 aromatic heterocycles. The third kappa shape index (κ3) is 5.85. The highest BCUT2D eigenvalue weighted by molar-refractivity contribution is 5.78. The number of amides is 1. The summed E-state index contributed by atoms with van der Waals surface area (Å²) in [5, 5.41) is 11.8. The Labute approximate surface area is 206 Å². The molecule has 2 aromatic rings. The number of nitrogens with zero attached hydrogens (tertiary/aromatic N) is 4. The third-order valence-corrected chi connectivity index (χ3v) is 6.91. The van der Waals surface area contributed by atoms with Crippen molar-refractivity contribution in [2.45, 2.75) is 58.0 Å². The van der Waals surface area contributed by atoms with Crippen molar-refractivity contribution in [1.29, 1.82) is 0 Å². The second kappa shape index (κ2) is 11.7. The van der Waals surface area contributed by atoms with Crippen LogP contribution in [0.15, 0.2) is 36.9 Å². The Morgan fingerprint density at radius 2 is 2.14 bits per heavy atom. The predicted molar refractivity (Wildman–Crippen MR) is 130 cm³/mol. The number of aromatic nitrogens is 2. The van der Waals surface area contributed by atoms with Gasteiger partial charge in [-0.05, 0) is 36.5 Å². The van der Waals surface area contributed by atoms with E-state index < -0.39 is 11.9 Å². The monoisotopic (exact) mass is 484 g/mol. The highest BCUT2D eigenvalue weighted by Crippen LogP contribution is 2.41. The number of hydrogen-bond acceptors (Lipinski definition) is 6. The molecule has 4 rings (SSSR count). The summed E-state index contributed by atoms with van der Waals surface area (Å²) in [7, 11) is 0. The Morgan fingerprint density at radius 3 is 2.86 bits per heavy atom. The summed E-state index contributed by atoms with van der Waals surface area (Å²) in [6, 6.07) is 5.74. The van der Waals surface area contributed by atoms with E-state index in [1.165, 1.54) is 5.06 Å². The van der Waals surface area contributed by atoms with E-state index in [1.807, 2.05) is 41.6 Å². The Balaban J connectivity index is 1.58. The topological polar surface area (TPSA) is 97.1 Å². The van der Waals surface area contributed by atoms with Crippen molar-refractivity contribution in [3.63, 3.8) is 0 Å². The SMILES string of the molecule is CCCON(CCC)C(=O)CN1C[C@H](c2ccc3c(c2)CCO3)[C@@H](C(=O)O)[C@@H]1CCn1ccnc1. The van der Waals surface area contributed by atoms with Crippen LogP contribution in [0.5, 0.6) is 5.75 Å². The lowest BCUT2D eigenvalue weighted by atomic mass is 9.83. The second-order valence-corrected chi connectivity index (χ2v) is 9.35. The number of rotatable bonds is 12. The van der Waals surface area contributed by atoms with Crippen LogP contribution in [-0.4, -0.2) is 75.4 Å². The van der Waals surface area contributed by atoms with Crippen molar-refractivity contribution in [1.82, 2.24) is 19.5 Å². The number of imidazole rings is 1. The lowest BCUT2D eigenvalue weighted by Gasteiger charge is -2.29. The van der Waals surface area contributed by atoms with Gasteiger partial charge in [-0.2, -0.15) is 0 Å². The molecule has 1 fully saturated rings. The van der Waals surface area contributed by atoms with E-state index >= 15 is 0 Å². The number of carboxylic acids is 1. The first kappa shape index (κ1) is 25.2. The Kier molecular flexibility index (Phi) is 8.41. The largest absolute Gasteiger partial charge is 0.493 e. The molecule has 3 atom stereocenters. The van der Waals surface area contributed by atoms with Gasteiger partial charge < -0.3 is 14.4 Å². The van der Waals surface area contributed by atoms with Crippen molar-refractivity contribution in [3.05, 3.63) is 48.0 Å². The summed E-state index contributed by atoms with van der Waals surface area (Å²) in [6.07, 6.45) is 8.37. The number of carboxylic acid groups (broad SMARTS) is 1. The number of fused-ring (bicyclic) bond motifs is 1. The molecule has 0 spiro atoms. The molecule has 2 aliphatic rings. The first-order valence-corrected chi connectivity index (χ1v) is 12.6. The van der Waals surface area contributed by atoms with E-state index in [0.717, 1.165) is 36.1 Å². The Morgan fingerprint density at radius 1 is 1.29 bits per heavy atom. The normalized spacial score (nSPS) is 21.6. The van der Waals surface area contributed by atoms with E-state index in [-0.39, 0.29) is 24.4 Å². The Bertz CT molecular complexity index is 996. The fourth-order valence-corrected chi connectivity index (χ4v) is 5.25. The van der Waals surface area contributed by atoms with Crippen molar-refractivity contribution in [2.24, 2.45) is 5.92 Å². The number of likely N-dealkylation sites (tertiary alicyclic amines) is 1. The number of aryl methyl sites for hydroxylation is 1. The summed E-state index contributed by atoms with van der Waals surface area (Å²) in [5.41, 5.74) is 2.12. The van der Waals surface area contributed by atoms with Crippen molar-refractivity contribution < 1.29 is 24.3 Å². The fourth-order valence-electron chi connectivity index (χ4n) is 5.25. The second-order valence-electron chi connectivity index (χ2n) is 9.35. The van der Waals surface area contributed by atoms with Crippen LogP contribution >= 0.6 is 0 Å². The lowest BCUT2D eigenvalue weighted by molar-refractivity contribution is -0.188. The summed E-state index contributed by atoms with van der Waals surface area (Å²) in [4.78, 5) is 37.7. The minimum Gasteiger partial charge on any atom is -0.493 e. The van der Waals surface area contributed by atoms with Crippen molar-refractivity contribution >= 4 is 11.9 Å². The van der Waals surface area contributed by atoms with Gasteiger partial charge in [0.15, 0.2) is 0 Å². The molecule has 0 unspecified atom stereocenters. The van der Waals surface area contributed by atoms with E-state index in [2.05, 4.69) is 11.1 Å². The average Bonchev–Trinajstić information content (AvgIpc) is 3.59. The molecule has 0 saturated carbocycles. The number of ether oxygens (including phenoxy) is 1. The van der Waals surface area contributed by atoms with Crippen LogP contribution < -0.4 is 4.74 Å². The van der Waals surface area contributed by atoms with Crippen LogP contribution in [0.2, 0.25) is 0 Å². The van der Waals surface area contributed by atoms with E-state index in [0.29, 0.717) is 39.3 Å². The van der Waals surface area contributed by atoms with E-state index in [9.17, 15) is 14.7 Å². The maximum atomic E-state index is 13.2. The molecule has 2 aliphatic heterocycles. The van der Waals surface area contributed by atoms with Gasteiger partial charge in [0.1, 0.15) is 5.75 Å². The van der Waals surface area contributed by atoms with Gasteiger partial charge >= 0.3 is 5.97 Å². The number of benzene rings is 1. The lowest BCUT2D eigenvalue weighted by Crippen LogP contribution is -2.44. The van der Waals surface area contributed by atoms with Crippen LogP contribution in [0.1, 0.15) is 50.2 Å². The van der Waals surface area contributed by atoms with Gasteiger partial charge in [-0.15, -0.1) is 0 Å². The van der Waals surface area contributed by atoms with E-state index in [4.69, 9.17) is 9.57 Å². The maximum absolute atomic E-state index is 13.2. The molecule has 3 heterocycles. The summed E-state index contributed by atoms with van der Waals surface area (Å²) >= 11 is 0. The average molecular weight is 485 g/mol. The van der Waals surface area contributed by atoms with Crippen LogP contribution in [0.4, 0.5) is 0 Å². The van der Waals surface area contributed by atoms with Crippen molar-refractivity contribution in [3.8, 4) is 5.75 Å². The van der Waals surface area contributed by atoms with Gasteiger partial charge in [0.2, 0.25) is 0 Å². The third-order valence-electron chi connectivity index (χ3n) is 6.91. The van der Waals surface area contributed by atoms with Crippen LogP contribution in [0.3, 0.4) is 0 Å². The number of carbonyl (C=O) groups is 2. The zero-order valence-corrected chi connectivity index (χ0v) is 20.6. The van der Waals surface area contributed by atoms with Crippen LogP contribution in [-0.2, 0) is 27.4 Å². The zero-order chi connectivity index (χ0) is 24.8. The zero-order valence-electron chi connectivity index (χ0n) is 20.6. The molecule has 1 saturated heterocycles. The highest BCUT2D eigenvalue weighted by Gasteiger charge is 2.47. The fraction of sp³-hybridized carbons (Fsp3) is 0.577. The highest BCUT2D eigenvalue weighted by atomic mass is 16.7.